The van der Waals surface area contributed by atoms with Crippen molar-refractivity contribution in [1.29, 1.82) is 0 Å². The summed E-state index contributed by atoms with van der Waals surface area (Å²) in [5.74, 6) is 0. The van der Waals surface area contributed by atoms with E-state index in [1.807, 2.05) is 0 Å². The van der Waals surface area contributed by atoms with Gasteiger partial charge in [0, 0.05) is 0 Å². The van der Waals surface area contributed by atoms with E-state index < -0.39 is 0 Å². The molecule has 0 heterocycles. The van der Waals surface area contributed by atoms with Gasteiger partial charge in [0.25, 0.3) is 0 Å². The summed E-state index contributed by atoms with van der Waals surface area (Å²) in [5.41, 5.74) is 0. The Balaban J connectivity index is 3.02. The Hall–Kier alpha value is 0.610. The van der Waals surface area contributed by atoms with E-state index in [0.717, 1.165) is 0 Å². The number of hydrogen-bond donors (Lipinski definition) is 0. The molecule has 0 aliphatic heterocycles. The third kappa shape index (κ3) is 84.4. The van der Waals surface area contributed by atoms with Gasteiger partial charge in [0.2, 0.25) is 0 Å². The molecule has 0 aromatic rings. The van der Waals surface area contributed by atoms with Crippen LogP contribution in [0.3, 0.4) is 0 Å². The minimum atomic E-state index is -0.167. The highest BCUT2D eigenvalue weighted by atomic mass is 32.3. The van der Waals surface area contributed by atoms with Gasteiger partial charge in [-0.1, -0.05) is 0 Å². The predicted octanol–water partition coefficient (Wildman–Crippen LogP) is -3.02. The lowest BCUT2D eigenvalue weighted by molar-refractivity contribution is 4.47. The Bertz CT molecular complexity index is 19.1. The maximum absolute atomic E-state index is 2.27. The van der Waals surface area contributed by atoms with E-state index in [2.05, 4.69) is 28.5 Å². The molecule has 0 spiro atoms. The molecular formula is H8B4S. The Morgan fingerprint density at radius 2 is 0.800 bits per heavy atom. The Labute approximate surface area is 38.6 Å². The van der Waals surface area contributed by atoms with Crippen molar-refractivity contribution < 1.29 is 0 Å². The molecule has 0 aromatic heterocycles. The summed E-state index contributed by atoms with van der Waals surface area (Å²) in [6.07, 6.45) is 0. The highest BCUT2D eigenvalue weighted by Gasteiger charge is 1.89. The Morgan fingerprint density at radius 3 is 0.800 bits per heavy atom. The van der Waals surface area contributed by atoms with E-state index in [4.69, 9.17) is 0 Å². The summed E-state index contributed by atoms with van der Waals surface area (Å²) >= 11 is 0. The molecule has 0 bridgehead atoms. The van der Waals surface area contributed by atoms with Crippen LogP contribution in [0.25, 0.3) is 0 Å². The fraction of sp³-hybridized carbons (Fsp3) is 0. The first-order chi connectivity index (χ1) is 2.00. The summed E-state index contributed by atoms with van der Waals surface area (Å²) in [4.78, 5) is 0. The van der Waals surface area contributed by atoms with E-state index in [1.165, 1.54) is 0 Å². The molecule has 0 nitrogen and oxygen atoms in total. The zero-order valence-electron chi connectivity index (χ0n) is 4.41. The molecule has 0 fully saturated rings. The van der Waals surface area contributed by atoms with Gasteiger partial charge in [0.15, 0.2) is 0 Å². The van der Waals surface area contributed by atoms with Crippen molar-refractivity contribution >= 4 is 37.9 Å². The Kier molecular flexibility index (Phi) is 1.54. The third-order valence-electron chi connectivity index (χ3n) is 0. The van der Waals surface area contributed by atoms with Crippen LogP contribution in [-0.2, 0) is 0 Å². The van der Waals surface area contributed by atoms with Gasteiger partial charge in [-0.3, -0.25) is 0 Å². The molecule has 0 saturated carbocycles. The molecule has 0 aliphatic rings. The average Bonchev–Trinajstić information content (AvgIpc) is 0.722. The smallest absolute Gasteiger partial charge is 0.124 e. The minimum Gasteiger partial charge on any atom is -0.387 e. The maximum atomic E-state index is 2.27. The lowest BCUT2D eigenvalue weighted by Gasteiger charge is -2.15. The zero-order valence-corrected chi connectivity index (χ0v) is 5.22. The predicted molar refractivity (Wildman–Crippen MR) is 41.8 cm³/mol. The highest BCUT2D eigenvalue weighted by Crippen LogP contribution is 2.20. The van der Waals surface area contributed by atoms with Crippen molar-refractivity contribution in [2.45, 2.75) is 0 Å². The maximum Gasteiger partial charge on any atom is 0.124 e. The highest BCUT2D eigenvalue weighted by molar-refractivity contribution is 8.87. The van der Waals surface area contributed by atoms with Gasteiger partial charge >= 0.3 is 0 Å². The average molecular weight is 83.4 g/mol. The second-order valence-electron chi connectivity index (χ2n) is 2.45. The summed E-state index contributed by atoms with van der Waals surface area (Å²) in [7, 11) is 8.92. The molecule has 0 rings (SSSR count). The SMILES string of the molecule is BS(B)(B)B. The standard InChI is InChI=1S/B4H8S/c1-5(2,3)4/h1-4H2. The van der Waals surface area contributed by atoms with E-state index in [-0.39, 0.29) is 9.43 Å². The first kappa shape index (κ1) is 5.61. The van der Waals surface area contributed by atoms with Crippen LogP contribution in [0, 0.1) is 0 Å². The fourth-order valence-corrected chi connectivity index (χ4v) is 0. The quantitative estimate of drug-likeness (QED) is 0.274. The van der Waals surface area contributed by atoms with E-state index in [0.29, 0.717) is 0 Å². The van der Waals surface area contributed by atoms with Crippen LogP contribution in [0.4, 0.5) is 0 Å². The molecule has 0 radical (unpaired) electrons. The van der Waals surface area contributed by atoms with Gasteiger partial charge < -0.3 is 9.43 Å². The fourth-order valence-electron chi connectivity index (χ4n) is 0. The van der Waals surface area contributed by atoms with E-state index in [9.17, 15) is 0 Å². The van der Waals surface area contributed by atoms with Crippen LogP contribution in [0.1, 0.15) is 0 Å². The monoisotopic (exact) mass is 84.1 g/mol. The minimum absolute atomic E-state index is 0.167. The van der Waals surface area contributed by atoms with Gasteiger partial charge in [-0.05, 0) is 0 Å². The molecule has 0 aromatic carbocycles. The van der Waals surface area contributed by atoms with Crippen LogP contribution in [-0.4, -0.2) is 28.5 Å². The lowest BCUT2D eigenvalue weighted by atomic mass is 10.6. The first-order valence-corrected chi connectivity index (χ1v) is 4.90. The van der Waals surface area contributed by atoms with Crippen molar-refractivity contribution in [2.75, 3.05) is 0 Å². The van der Waals surface area contributed by atoms with Gasteiger partial charge in [-0.25, -0.2) is 0 Å². The molecule has 0 N–H and O–H groups in total. The number of hydrogen-bond acceptors (Lipinski definition) is 0. The molecule has 26 valence electrons. The summed E-state index contributed by atoms with van der Waals surface area (Å²) < 4.78 is 0. The molecular weight excluding hydrogens is 75.3 g/mol. The molecule has 0 saturated heterocycles. The first-order valence-electron chi connectivity index (χ1n) is 1.63. The summed E-state index contributed by atoms with van der Waals surface area (Å²) in [5, 5.41) is 0. The molecule has 0 atom stereocenters. The van der Waals surface area contributed by atoms with Crippen LogP contribution in [0.5, 0.6) is 0 Å². The zero-order chi connectivity index (χ0) is 4.50. The van der Waals surface area contributed by atoms with Gasteiger partial charge in [0.1, 0.15) is 28.5 Å². The van der Waals surface area contributed by atoms with E-state index in [1.54, 1.807) is 0 Å². The van der Waals surface area contributed by atoms with Crippen molar-refractivity contribution in [3.05, 3.63) is 0 Å². The van der Waals surface area contributed by atoms with Gasteiger partial charge in [0.05, 0.1) is 0 Å². The van der Waals surface area contributed by atoms with Crippen LogP contribution < -0.4 is 0 Å². The molecule has 5 heavy (non-hydrogen) atoms. The van der Waals surface area contributed by atoms with Crippen molar-refractivity contribution in [2.24, 2.45) is 0 Å². The van der Waals surface area contributed by atoms with Crippen LogP contribution >= 0.6 is 9.43 Å². The lowest BCUT2D eigenvalue weighted by Crippen LogP contribution is -1.93. The second kappa shape index (κ2) is 1.37. The van der Waals surface area contributed by atoms with Gasteiger partial charge in [-0.15, -0.1) is 0 Å². The summed E-state index contributed by atoms with van der Waals surface area (Å²) in [6, 6.07) is 0. The van der Waals surface area contributed by atoms with Crippen molar-refractivity contribution in [3.63, 3.8) is 0 Å². The Morgan fingerprint density at radius 1 is 0.800 bits per heavy atom. The molecule has 5 heteroatoms. The van der Waals surface area contributed by atoms with Crippen LogP contribution in [0.15, 0.2) is 0 Å². The number of rotatable bonds is 0. The van der Waals surface area contributed by atoms with Crippen LogP contribution in [0.2, 0.25) is 0 Å². The second-order valence-corrected chi connectivity index (χ2v) is 7.35. The molecule has 0 amide bonds. The molecule has 0 aliphatic carbocycles. The van der Waals surface area contributed by atoms with Crippen molar-refractivity contribution in [1.82, 2.24) is 0 Å². The summed E-state index contributed by atoms with van der Waals surface area (Å²) in [6.45, 7) is 0. The third-order valence-corrected chi connectivity index (χ3v) is 0. The van der Waals surface area contributed by atoms with E-state index >= 15 is 0 Å². The van der Waals surface area contributed by atoms with Crippen molar-refractivity contribution in [3.8, 4) is 0 Å². The molecule has 0 unspecified atom stereocenters. The van der Waals surface area contributed by atoms with Gasteiger partial charge in [-0.2, -0.15) is 0 Å². The largest absolute Gasteiger partial charge is 0.387 e. The normalized spacial score (nSPS) is 14.4. The topological polar surface area (TPSA) is 0 Å².